The number of nitrogens with zero attached hydrogens (tertiary/aromatic N) is 1. The van der Waals surface area contributed by atoms with E-state index in [4.69, 9.17) is 4.74 Å². The predicted molar refractivity (Wildman–Crippen MR) is 86.0 cm³/mol. The van der Waals surface area contributed by atoms with Crippen LogP contribution in [0, 0.1) is 0 Å². The molecule has 22 heavy (non-hydrogen) atoms. The molecule has 1 aliphatic heterocycles. The topological polar surface area (TPSA) is 70.7 Å². The average Bonchev–Trinajstić information content (AvgIpc) is 2.54. The van der Waals surface area contributed by atoms with Crippen LogP contribution in [-0.2, 0) is 14.3 Å². The smallest absolute Gasteiger partial charge is 0.233 e. The van der Waals surface area contributed by atoms with Gasteiger partial charge in [0.15, 0.2) is 0 Å². The van der Waals surface area contributed by atoms with Gasteiger partial charge in [-0.25, -0.2) is 0 Å². The molecule has 1 saturated heterocycles. The molecule has 0 radical (unpaired) electrons. The molecule has 6 nitrogen and oxygen atoms in total. The van der Waals surface area contributed by atoms with Gasteiger partial charge in [-0.1, -0.05) is 19.1 Å². The second-order valence-electron chi connectivity index (χ2n) is 5.19. The van der Waals surface area contributed by atoms with Gasteiger partial charge in [0.1, 0.15) is 6.42 Å². The number of hydrogen-bond donors (Lipinski definition) is 2. The van der Waals surface area contributed by atoms with Crippen molar-refractivity contribution >= 4 is 23.2 Å². The van der Waals surface area contributed by atoms with Crippen molar-refractivity contribution in [3.63, 3.8) is 0 Å². The van der Waals surface area contributed by atoms with E-state index in [9.17, 15) is 9.59 Å². The molecule has 120 valence electrons. The van der Waals surface area contributed by atoms with E-state index in [1.165, 1.54) is 0 Å². The van der Waals surface area contributed by atoms with Crippen molar-refractivity contribution in [2.75, 3.05) is 43.1 Å². The number of morpholine rings is 1. The number of amides is 2. The van der Waals surface area contributed by atoms with E-state index in [0.717, 1.165) is 30.9 Å². The van der Waals surface area contributed by atoms with Gasteiger partial charge in [0.2, 0.25) is 11.8 Å². The standard InChI is InChI=1S/C16H23N3O3/c1-2-7-17-15(20)12-16(21)18-13-5-3-4-6-14(13)19-8-10-22-11-9-19/h3-6H,2,7-12H2,1H3,(H,17,20)(H,18,21). The van der Waals surface area contributed by atoms with E-state index in [1.807, 2.05) is 31.2 Å². The maximum atomic E-state index is 12.0. The molecule has 2 N–H and O–H groups in total. The molecule has 6 heteroatoms. The van der Waals surface area contributed by atoms with Gasteiger partial charge in [-0.3, -0.25) is 9.59 Å². The molecule has 0 bridgehead atoms. The monoisotopic (exact) mass is 305 g/mol. The molecule has 0 saturated carbocycles. The van der Waals surface area contributed by atoms with Gasteiger partial charge < -0.3 is 20.3 Å². The Morgan fingerprint density at radius 1 is 1.18 bits per heavy atom. The number of carbonyl (C=O) groups excluding carboxylic acids is 2. The summed E-state index contributed by atoms with van der Waals surface area (Å²) in [7, 11) is 0. The first-order valence-corrected chi connectivity index (χ1v) is 7.69. The van der Waals surface area contributed by atoms with E-state index in [-0.39, 0.29) is 18.2 Å². The van der Waals surface area contributed by atoms with Gasteiger partial charge in [-0.15, -0.1) is 0 Å². The van der Waals surface area contributed by atoms with Crippen LogP contribution in [-0.4, -0.2) is 44.7 Å². The molecule has 2 amide bonds. The molecule has 1 aliphatic rings. The van der Waals surface area contributed by atoms with Crippen LogP contribution in [0.15, 0.2) is 24.3 Å². The minimum atomic E-state index is -0.297. The molecule has 0 spiro atoms. The first kappa shape index (κ1) is 16.3. The number of hydrogen-bond acceptors (Lipinski definition) is 4. The third-order valence-corrected chi connectivity index (χ3v) is 3.42. The highest BCUT2D eigenvalue weighted by molar-refractivity contribution is 6.04. The van der Waals surface area contributed by atoms with Crippen molar-refractivity contribution in [2.45, 2.75) is 19.8 Å². The highest BCUT2D eigenvalue weighted by Crippen LogP contribution is 2.26. The zero-order valence-corrected chi connectivity index (χ0v) is 12.9. The molecule has 0 atom stereocenters. The molecule has 1 aromatic carbocycles. The van der Waals surface area contributed by atoms with Crippen molar-refractivity contribution in [3.05, 3.63) is 24.3 Å². The predicted octanol–water partition coefficient (Wildman–Crippen LogP) is 1.38. The number of rotatable bonds is 6. The summed E-state index contributed by atoms with van der Waals surface area (Å²) >= 11 is 0. The van der Waals surface area contributed by atoms with Crippen molar-refractivity contribution in [1.82, 2.24) is 5.32 Å². The summed E-state index contributed by atoms with van der Waals surface area (Å²) in [5.74, 6) is -0.544. The number of carbonyl (C=O) groups is 2. The Labute approximate surface area is 130 Å². The van der Waals surface area contributed by atoms with Gasteiger partial charge in [-0.05, 0) is 18.6 Å². The molecule has 1 aromatic rings. The van der Waals surface area contributed by atoms with E-state index in [1.54, 1.807) is 0 Å². The van der Waals surface area contributed by atoms with Crippen LogP contribution < -0.4 is 15.5 Å². The van der Waals surface area contributed by atoms with Crippen molar-refractivity contribution in [1.29, 1.82) is 0 Å². The first-order valence-electron chi connectivity index (χ1n) is 7.69. The van der Waals surface area contributed by atoms with Crippen molar-refractivity contribution < 1.29 is 14.3 Å². The molecule has 0 aliphatic carbocycles. The second-order valence-corrected chi connectivity index (χ2v) is 5.19. The lowest BCUT2D eigenvalue weighted by Gasteiger charge is -2.30. The Bertz CT molecular complexity index is 513. The van der Waals surface area contributed by atoms with Gasteiger partial charge in [0, 0.05) is 19.6 Å². The molecule has 0 aromatic heterocycles. The van der Waals surface area contributed by atoms with Crippen LogP contribution in [0.3, 0.4) is 0 Å². The molecular weight excluding hydrogens is 282 g/mol. The fourth-order valence-corrected chi connectivity index (χ4v) is 2.33. The Balaban J connectivity index is 1.97. The van der Waals surface area contributed by atoms with Crippen LogP contribution >= 0.6 is 0 Å². The molecule has 1 heterocycles. The van der Waals surface area contributed by atoms with Crippen molar-refractivity contribution in [2.24, 2.45) is 0 Å². The highest BCUT2D eigenvalue weighted by Gasteiger charge is 2.16. The third-order valence-electron chi connectivity index (χ3n) is 3.42. The van der Waals surface area contributed by atoms with Gasteiger partial charge >= 0.3 is 0 Å². The molecule has 0 unspecified atom stereocenters. The summed E-state index contributed by atoms with van der Waals surface area (Å²) < 4.78 is 5.35. The minimum absolute atomic E-state index is 0.155. The summed E-state index contributed by atoms with van der Waals surface area (Å²) in [6.45, 7) is 5.52. The minimum Gasteiger partial charge on any atom is -0.378 e. The highest BCUT2D eigenvalue weighted by atomic mass is 16.5. The van der Waals surface area contributed by atoms with Crippen LogP contribution in [0.2, 0.25) is 0 Å². The number of para-hydroxylation sites is 2. The summed E-state index contributed by atoms with van der Waals surface area (Å²) in [5, 5.41) is 5.53. The lowest BCUT2D eigenvalue weighted by atomic mass is 10.2. The zero-order valence-electron chi connectivity index (χ0n) is 12.9. The Kier molecular flexibility index (Phi) is 6.21. The van der Waals surface area contributed by atoms with Crippen molar-refractivity contribution in [3.8, 4) is 0 Å². The number of benzene rings is 1. The average molecular weight is 305 g/mol. The van der Waals surface area contributed by atoms with Crippen LogP contribution in [0.4, 0.5) is 11.4 Å². The second kappa shape index (κ2) is 8.38. The zero-order chi connectivity index (χ0) is 15.8. The maximum absolute atomic E-state index is 12.0. The molecule has 2 rings (SSSR count). The first-order chi connectivity index (χ1) is 10.7. The van der Waals surface area contributed by atoms with Crippen LogP contribution in [0.5, 0.6) is 0 Å². The Morgan fingerprint density at radius 3 is 2.64 bits per heavy atom. The fraction of sp³-hybridized carbons (Fsp3) is 0.500. The lowest BCUT2D eigenvalue weighted by Crippen LogP contribution is -2.37. The van der Waals surface area contributed by atoms with Crippen LogP contribution in [0.1, 0.15) is 19.8 Å². The number of ether oxygens (including phenoxy) is 1. The largest absolute Gasteiger partial charge is 0.378 e. The molecule has 1 fully saturated rings. The summed E-state index contributed by atoms with van der Waals surface area (Å²) in [5.41, 5.74) is 1.70. The summed E-state index contributed by atoms with van der Waals surface area (Å²) in [4.78, 5) is 25.8. The van der Waals surface area contributed by atoms with Gasteiger partial charge in [0.25, 0.3) is 0 Å². The van der Waals surface area contributed by atoms with Gasteiger partial charge in [-0.2, -0.15) is 0 Å². The SMILES string of the molecule is CCCNC(=O)CC(=O)Nc1ccccc1N1CCOCC1. The normalized spacial score (nSPS) is 14.5. The third kappa shape index (κ3) is 4.73. The Hall–Kier alpha value is -2.08. The van der Waals surface area contributed by atoms with E-state index < -0.39 is 0 Å². The van der Waals surface area contributed by atoms with E-state index in [0.29, 0.717) is 19.8 Å². The van der Waals surface area contributed by atoms with Gasteiger partial charge in [0.05, 0.1) is 24.6 Å². The van der Waals surface area contributed by atoms with E-state index >= 15 is 0 Å². The maximum Gasteiger partial charge on any atom is 0.233 e. The Morgan fingerprint density at radius 2 is 1.91 bits per heavy atom. The number of nitrogens with one attached hydrogen (secondary N) is 2. The molecular formula is C16H23N3O3. The van der Waals surface area contributed by atoms with Crippen LogP contribution in [0.25, 0.3) is 0 Å². The fourth-order valence-electron chi connectivity index (χ4n) is 2.33. The quantitative estimate of drug-likeness (QED) is 0.779. The lowest BCUT2D eigenvalue weighted by molar-refractivity contribution is -0.126. The summed E-state index contributed by atoms with van der Waals surface area (Å²) in [6.07, 6.45) is 0.699. The number of anilines is 2. The van der Waals surface area contributed by atoms with E-state index in [2.05, 4.69) is 15.5 Å². The summed E-state index contributed by atoms with van der Waals surface area (Å²) in [6, 6.07) is 7.63.